The summed E-state index contributed by atoms with van der Waals surface area (Å²) in [5.74, 6) is -0.521. The van der Waals surface area contributed by atoms with E-state index in [0.29, 0.717) is 16.6 Å². The predicted octanol–water partition coefficient (Wildman–Crippen LogP) is 3.54. The third-order valence-corrected chi connectivity index (χ3v) is 4.82. The van der Waals surface area contributed by atoms with Crippen LogP contribution in [0, 0.1) is 11.6 Å². The summed E-state index contributed by atoms with van der Waals surface area (Å²) in [5.41, 5.74) is 0.385. The normalized spacial score (nSPS) is 18.2. The summed E-state index contributed by atoms with van der Waals surface area (Å²) in [7, 11) is 0. The van der Waals surface area contributed by atoms with Gasteiger partial charge in [0.2, 0.25) is 0 Å². The molecule has 0 radical (unpaired) electrons. The first kappa shape index (κ1) is 13.8. The lowest BCUT2D eigenvalue weighted by molar-refractivity contribution is 0.198. The second-order valence-electron chi connectivity index (χ2n) is 4.83. The Morgan fingerprint density at radius 3 is 2.67 bits per heavy atom. The summed E-state index contributed by atoms with van der Waals surface area (Å²) < 4.78 is 26.1. The number of halogens is 2. The zero-order valence-corrected chi connectivity index (χ0v) is 11.1. The van der Waals surface area contributed by atoms with Gasteiger partial charge >= 0.3 is 0 Å². The van der Waals surface area contributed by atoms with E-state index in [4.69, 9.17) is 0 Å². The zero-order valence-electron chi connectivity index (χ0n) is 10.2. The fraction of sp³-hybridized carbons (Fsp3) is 0.571. The lowest BCUT2D eigenvalue weighted by Gasteiger charge is -2.14. The Hall–Kier alpha value is -0.610. The van der Waals surface area contributed by atoms with Crippen LogP contribution >= 0.6 is 11.8 Å². The Labute approximate surface area is 111 Å². The molecule has 2 rings (SSSR count). The van der Waals surface area contributed by atoms with Crippen molar-refractivity contribution in [2.45, 2.75) is 43.5 Å². The Bertz CT molecular complexity index is 391. The van der Waals surface area contributed by atoms with Crippen molar-refractivity contribution in [3.8, 4) is 0 Å². The van der Waals surface area contributed by atoms with Crippen LogP contribution in [-0.4, -0.2) is 22.2 Å². The maximum absolute atomic E-state index is 13.4. The summed E-state index contributed by atoms with van der Waals surface area (Å²) in [6.07, 6.45) is 4.70. The predicted molar refractivity (Wildman–Crippen MR) is 70.8 cm³/mol. The van der Waals surface area contributed by atoms with Crippen LogP contribution < -0.4 is 0 Å². The highest BCUT2D eigenvalue weighted by molar-refractivity contribution is 7.99. The highest BCUT2D eigenvalue weighted by Gasteiger charge is 2.17. The molecule has 0 bridgehead atoms. The summed E-state index contributed by atoms with van der Waals surface area (Å²) in [4.78, 5) is 0. The van der Waals surface area contributed by atoms with Gasteiger partial charge in [0.25, 0.3) is 0 Å². The molecule has 1 aromatic carbocycles. The quantitative estimate of drug-likeness (QED) is 0.884. The Morgan fingerprint density at radius 1 is 1.28 bits per heavy atom. The molecule has 1 aromatic rings. The van der Waals surface area contributed by atoms with Gasteiger partial charge in [0.1, 0.15) is 11.6 Å². The van der Waals surface area contributed by atoms with Gasteiger partial charge in [0.15, 0.2) is 0 Å². The highest BCUT2D eigenvalue weighted by Crippen LogP contribution is 2.30. The average Bonchev–Trinajstić information content (AvgIpc) is 2.83. The van der Waals surface area contributed by atoms with Gasteiger partial charge in [0, 0.05) is 23.5 Å². The van der Waals surface area contributed by atoms with E-state index in [-0.39, 0.29) is 6.42 Å². The maximum atomic E-state index is 13.4. The minimum atomic E-state index is -0.578. The summed E-state index contributed by atoms with van der Waals surface area (Å²) in [5, 5.41) is 10.5. The van der Waals surface area contributed by atoms with Gasteiger partial charge in [-0.3, -0.25) is 0 Å². The van der Waals surface area contributed by atoms with Gasteiger partial charge in [0.05, 0.1) is 6.10 Å². The zero-order chi connectivity index (χ0) is 13.0. The molecule has 1 unspecified atom stereocenters. The monoisotopic (exact) mass is 272 g/mol. The first-order chi connectivity index (χ1) is 8.65. The molecule has 4 heteroatoms. The number of hydrogen-bond donors (Lipinski definition) is 1. The van der Waals surface area contributed by atoms with Crippen molar-refractivity contribution < 1.29 is 13.9 Å². The average molecular weight is 272 g/mol. The molecule has 1 saturated carbocycles. The van der Waals surface area contributed by atoms with E-state index < -0.39 is 17.7 Å². The smallest absolute Gasteiger partial charge is 0.129 e. The topological polar surface area (TPSA) is 20.2 Å². The third kappa shape index (κ3) is 3.95. The van der Waals surface area contributed by atoms with Crippen LogP contribution in [0.5, 0.6) is 0 Å². The van der Waals surface area contributed by atoms with Crippen molar-refractivity contribution in [1.29, 1.82) is 0 Å². The molecule has 0 amide bonds. The number of aliphatic hydroxyl groups excluding tert-OH is 1. The van der Waals surface area contributed by atoms with Gasteiger partial charge in [-0.1, -0.05) is 18.9 Å². The van der Waals surface area contributed by atoms with Gasteiger partial charge in [-0.25, -0.2) is 8.78 Å². The summed E-state index contributed by atoms with van der Waals surface area (Å²) in [6, 6.07) is 3.51. The molecule has 0 saturated heterocycles. The summed E-state index contributed by atoms with van der Waals surface area (Å²) in [6.45, 7) is 0. The van der Waals surface area contributed by atoms with E-state index in [1.165, 1.54) is 37.8 Å². The molecule has 1 aliphatic carbocycles. The third-order valence-electron chi connectivity index (χ3n) is 3.30. The molecule has 1 atom stereocenters. The van der Waals surface area contributed by atoms with E-state index >= 15 is 0 Å². The van der Waals surface area contributed by atoms with Crippen LogP contribution in [0.4, 0.5) is 8.78 Å². The van der Waals surface area contributed by atoms with Gasteiger partial charge in [-0.2, -0.15) is 11.8 Å². The van der Waals surface area contributed by atoms with Crippen LogP contribution in [0.25, 0.3) is 0 Å². The SMILES string of the molecule is OC(CSC1CCCC1)Cc1ccc(F)cc1F. The minimum Gasteiger partial charge on any atom is -0.392 e. The second kappa shape index (κ2) is 6.53. The first-order valence-corrected chi connectivity index (χ1v) is 7.43. The fourth-order valence-corrected chi connectivity index (χ4v) is 3.58. The molecule has 18 heavy (non-hydrogen) atoms. The van der Waals surface area contributed by atoms with Crippen molar-refractivity contribution >= 4 is 11.8 Å². The summed E-state index contributed by atoms with van der Waals surface area (Å²) >= 11 is 1.77. The van der Waals surface area contributed by atoms with Crippen molar-refractivity contribution in [3.05, 3.63) is 35.4 Å². The minimum absolute atomic E-state index is 0.256. The number of hydrogen-bond acceptors (Lipinski definition) is 2. The van der Waals surface area contributed by atoms with Crippen molar-refractivity contribution in [1.82, 2.24) is 0 Å². The molecule has 1 nitrogen and oxygen atoms in total. The maximum Gasteiger partial charge on any atom is 0.129 e. The molecular formula is C14H18F2OS. The first-order valence-electron chi connectivity index (χ1n) is 6.39. The molecule has 0 heterocycles. The standard InChI is InChI=1S/C14H18F2OS/c15-11-6-5-10(14(16)8-11)7-12(17)9-18-13-3-1-2-4-13/h5-6,8,12-13,17H,1-4,7,9H2. The second-order valence-corrected chi connectivity index (χ2v) is 6.17. The highest BCUT2D eigenvalue weighted by atomic mass is 32.2. The molecule has 0 spiro atoms. The Morgan fingerprint density at radius 2 is 2.00 bits per heavy atom. The van der Waals surface area contributed by atoms with E-state index in [1.807, 2.05) is 0 Å². The lowest BCUT2D eigenvalue weighted by atomic mass is 10.1. The Kier molecular flexibility index (Phi) is 5.01. The van der Waals surface area contributed by atoms with Gasteiger partial charge < -0.3 is 5.11 Å². The van der Waals surface area contributed by atoms with Crippen molar-refractivity contribution in [2.24, 2.45) is 0 Å². The van der Waals surface area contributed by atoms with Crippen LogP contribution in [0.1, 0.15) is 31.2 Å². The van der Waals surface area contributed by atoms with Crippen molar-refractivity contribution in [2.75, 3.05) is 5.75 Å². The largest absolute Gasteiger partial charge is 0.392 e. The molecule has 0 aliphatic heterocycles. The molecule has 0 aromatic heterocycles. The molecule has 1 N–H and O–H groups in total. The van der Waals surface area contributed by atoms with E-state index in [1.54, 1.807) is 11.8 Å². The van der Waals surface area contributed by atoms with E-state index in [2.05, 4.69) is 0 Å². The number of rotatable bonds is 5. The van der Waals surface area contributed by atoms with Gasteiger partial charge in [-0.15, -0.1) is 0 Å². The number of aliphatic hydroxyl groups is 1. The lowest BCUT2D eigenvalue weighted by Crippen LogP contribution is -2.16. The fourth-order valence-electron chi connectivity index (χ4n) is 2.30. The number of benzene rings is 1. The molecule has 100 valence electrons. The van der Waals surface area contributed by atoms with E-state index in [9.17, 15) is 13.9 Å². The Balaban J connectivity index is 1.80. The van der Waals surface area contributed by atoms with Crippen LogP contribution in [-0.2, 0) is 6.42 Å². The van der Waals surface area contributed by atoms with Crippen LogP contribution in [0.2, 0.25) is 0 Å². The molecule has 1 aliphatic rings. The van der Waals surface area contributed by atoms with Crippen molar-refractivity contribution in [3.63, 3.8) is 0 Å². The van der Waals surface area contributed by atoms with Gasteiger partial charge in [-0.05, 0) is 24.5 Å². The number of thioether (sulfide) groups is 1. The van der Waals surface area contributed by atoms with E-state index in [0.717, 1.165) is 6.07 Å². The molecule has 1 fully saturated rings. The molecular weight excluding hydrogens is 254 g/mol. The van der Waals surface area contributed by atoms with Crippen LogP contribution in [0.3, 0.4) is 0 Å². The van der Waals surface area contributed by atoms with Crippen LogP contribution in [0.15, 0.2) is 18.2 Å².